The Hall–Kier alpha value is -5.40. The van der Waals surface area contributed by atoms with Crippen LogP contribution in [-0.4, -0.2) is 0 Å². The first-order valence-electron chi connectivity index (χ1n) is 14.5. The average molecular weight is 536 g/mol. The van der Waals surface area contributed by atoms with Crippen LogP contribution in [0, 0.1) is 6.92 Å². The summed E-state index contributed by atoms with van der Waals surface area (Å²) in [5.74, 6) is 0. The molecule has 1 heteroatoms. The minimum absolute atomic E-state index is 1.13. The van der Waals surface area contributed by atoms with E-state index in [4.69, 9.17) is 0 Å². The van der Waals surface area contributed by atoms with Crippen LogP contribution in [0.5, 0.6) is 0 Å². The van der Waals surface area contributed by atoms with Crippen molar-refractivity contribution in [3.05, 3.63) is 163 Å². The molecule has 42 heavy (non-hydrogen) atoms. The van der Waals surface area contributed by atoms with E-state index in [2.05, 4.69) is 170 Å². The SMILES string of the molecule is Cc1ccccc1-c1cccc(N(c2ccccc2)c2cccc(-c3ccc4c5c(cccc35)-c3ccccc3-4)c2)c1. The van der Waals surface area contributed by atoms with Gasteiger partial charge in [0.1, 0.15) is 0 Å². The molecule has 0 saturated carbocycles. The molecule has 7 aromatic carbocycles. The van der Waals surface area contributed by atoms with Gasteiger partial charge in [0, 0.05) is 17.1 Å². The number of rotatable bonds is 5. The van der Waals surface area contributed by atoms with Gasteiger partial charge in [-0.3, -0.25) is 0 Å². The molecule has 0 unspecified atom stereocenters. The standard InChI is InChI=1S/C41H29N/c1-28-12-5-6-19-34(28)29-13-9-17-32(26-29)42(31-15-3-2-4-16-31)33-18-10-14-30(27-33)35-24-25-40-37-21-8-7-20-36(37)39-23-11-22-38(35)41(39)40/h2-27H,1H3. The van der Waals surface area contributed by atoms with Gasteiger partial charge >= 0.3 is 0 Å². The molecule has 198 valence electrons. The Balaban J connectivity index is 1.28. The molecule has 8 rings (SSSR count). The molecule has 0 amide bonds. The maximum atomic E-state index is 2.36. The third kappa shape index (κ3) is 3.94. The molecule has 0 bridgehead atoms. The Morgan fingerprint density at radius 3 is 1.55 bits per heavy atom. The van der Waals surface area contributed by atoms with E-state index in [0.717, 1.165) is 17.1 Å². The molecule has 0 aromatic heterocycles. The molecule has 0 N–H and O–H groups in total. The Bertz CT molecular complexity index is 2080. The predicted molar refractivity (Wildman–Crippen MR) is 179 cm³/mol. The highest BCUT2D eigenvalue weighted by Crippen LogP contribution is 2.49. The van der Waals surface area contributed by atoms with Crippen LogP contribution in [0.1, 0.15) is 5.56 Å². The van der Waals surface area contributed by atoms with E-state index in [0.29, 0.717) is 0 Å². The van der Waals surface area contributed by atoms with Crippen molar-refractivity contribution < 1.29 is 0 Å². The van der Waals surface area contributed by atoms with Crippen LogP contribution in [-0.2, 0) is 0 Å². The van der Waals surface area contributed by atoms with Gasteiger partial charge in [0.2, 0.25) is 0 Å². The summed E-state index contributed by atoms with van der Waals surface area (Å²) in [6, 6.07) is 57.2. The summed E-state index contributed by atoms with van der Waals surface area (Å²) in [5.41, 5.74) is 14.9. The van der Waals surface area contributed by atoms with Crippen molar-refractivity contribution in [1.82, 2.24) is 0 Å². The second kappa shape index (κ2) is 9.90. The lowest BCUT2D eigenvalue weighted by Crippen LogP contribution is -2.10. The lowest BCUT2D eigenvalue weighted by atomic mass is 9.94. The van der Waals surface area contributed by atoms with E-state index < -0.39 is 0 Å². The van der Waals surface area contributed by atoms with E-state index in [1.165, 1.54) is 60.8 Å². The van der Waals surface area contributed by atoms with Crippen LogP contribution < -0.4 is 4.90 Å². The van der Waals surface area contributed by atoms with Crippen LogP contribution >= 0.6 is 0 Å². The van der Waals surface area contributed by atoms with Crippen LogP contribution in [0.2, 0.25) is 0 Å². The Kier molecular flexibility index (Phi) is 5.75. The summed E-state index contributed by atoms with van der Waals surface area (Å²) in [6.45, 7) is 2.18. The van der Waals surface area contributed by atoms with Gasteiger partial charge in [0.25, 0.3) is 0 Å². The molecular weight excluding hydrogens is 506 g/mol. The molecule has 1 aliphatic carbocycles. The van der Waals surface area contributed by atoms with Crippen LogP contribution in [0.4, 0.5) is 17.1 Å². The van der Waals surface area contributed by atoms with Gasteiger partial charge in [-0.25, -0.2) is 0 Å². The van der Waals surface area contributed by atoms with Crippen molar-refractivity contribution >= 4 is 27.8 Å². The molecule has 1 aliphatic rings. The van der Waals surface area contributed by atoms with Crippen molar-refractivity contribution in [2.24, 2.45) is 0 Å². The zero-order valence-corrected chi connectivity index (χ0v) is 23.5. The highest BCUT2D eigenvalue weighted by molar-refractivity contribution is 6.18. The number of aryl methyl sites for hydroxylation is 1. The van der Waals surface area contributed by atoms with Crippen molar-refractivity contribution in [3.8, 4) is 44.5 Å². The second-order valence-electron chi connectivity index (χ2n) is 11.0. The normalized spacial score (nSPS) is 11.5. The lowest BCUT2D eigenvalue weighted by molar-refractivity contribution is 1.28. The van der Waals surface area contributed by atoms with Gasteiger partial charge in [-0.2, -0.15) is 0 Å². The summed E-state index contributed by atoms with van der Waals surface area (Å²) < 4.78 is 0. The number of hydrogen-bond acceptors (Lipinski definition) is 1. The topological polar surface area (TPSA) is 3.24 Å². The number of fused-ring (bicyclic) bond motifs is 3. The van der Waals surface area contributed by atoms with E-state index >= 15 is 0 Å². The van der Waals surface area contributed by atoms with Crippen molar-refractivity contribution in [2.45, 2.75) is 6.92 Å². The van der Waals surface area contributed by atoms with Gasteiger partial charge in [-0.05, 0) is 104 Å². The summed E-state index contributed by atoms with van der Waals surface area (Å²) in [4.78, 5) is 2.36. The second-order valence-corrected chi connectivity index (χ2v) is 11.0. The van der Waals surface area contributed by atoms with E-state index in [9.17, 15) is 0 Å². The quantitative estimate of drug-likeness (QED) is 0.212. The molecule has 0 fully saturated rings. The first-order chi connectivity index (χ1) is 20.8. The zero-order chi connectivity index (χ0) is 28.0. The maximum Gasteiger partial charge on any atom is 0.0467 e. The molecule has 0 spiro atoms. The van der Waals surface area contributed by atoms with Gasteiger partial charge < -0.3 is 4.90 Å². The summed E-state index contributed by atoms with van der Waals surface area (Å²) in [7, 11) is 0. The average Bonchev–Trinajstić information content (AvgIpc) is 3.38. The Morgan fingerprint density at radius 2 is 0.857 bits per heavy atom. The first kappa shape index (κ1) is 24.4. The Labute approximate surface area is 247 Å². The lowest BCUT2D eigenvalue weighted by Gasteiger charge is -2.26. The third-order valence-electron chi connectivity index (χ3n) is 8.54. The molecule has 1 nitrogen and oxygen atoms in total. The number of hydrogen-bond donors (Lipinski definition) is 0. The van der Waals surface area contributed by atoms with Gasteiger partial charge in [0.15, 0.2) is 0 Å². The van der Waals surface area contributed by atoms with Gasteiger partial charge in [-0.1, -0.05) is 121 Å². The highest BCUT2D eigenvalue weighted by atomic mass is 15.1. The fraction of sp³-hybridized carbons (Fsp3) is 0.0244. The largest absolute Gasteiger partial charge is 0.310 e. The zero-order valence-electron chi connectivity index (χ0n) is 23.5. The number of nitrogens with zero attached hydrogens (tertiary/aromatic N) is 1. The number of benzene rings is 7. The third-order valence-corrected chi connectivity index (χ3v) is 8.54. The van der Waals surface area contributed by atoms with Crippen molar-refractivity contribution in [3.63, 3.8) is 0 Å². The molecule has 0 radical (unpaired) electrons. The van der Waals surface area contributed by atoms with E-state index in [-0.39, 0.29) is 0 Å². The molecular formula is C41H29N. The van der Waals surface area contributed by atoms with Crippen LogP contribution in [0.25, 0.3) is 55.3 Å². The maximum absolute atomic E-state index is 2.36. The molecule has 0 heterocycles. The van der Waals surface area contributed by atoms with Gasteiger partial charge in [-0.15, -0.1) is 0 Å². The molecule has 7 aromatic rings. The van der Waals surface area contributed by atoms with Gasteiger partial charge in [0.05, 0.1) is 0 Å². The predicted octanol–water partition coefficient (Wildman–Crippen LogP) is 11.6. The number of anilines is 3. The summed E-state index contributed by atoms with van der Waals surface area (Å²) >= 11 is 0. The van der Waals surface area contributed by atoms with Crippen LogP contribution in [0.3, 0.4) is 0 Å². The van der Waals surface area contributed by atoms with Crippen molar-refractivity contribution in [1.29, 1.82) is 0 Å². The van der Waals surface area contributed by atoms with Crippen LogP contribution in [0.15, 0.2) is 158 Å². The van der Waals surface area contributed by atoms with E-state index in [1.54, 1.807) is 0 Å². The summed E-state index contributed by atoms with van der Waals surface area (Å²) in [5, 5.41) is 2.65. The fourth-order valence-electron chi connectivity index (χ4n) is 6.61. The first-order valence-corrected chi connectivity index (χ1v) is 14.5. The Morgan fingerprint density at radius 1 is 0.357 bits per heavy atom. The van der Waals surface area contributed by atoms with Crippen molar-refractivity contribution in [2.75, 3.05) is 4.90 Å². The fourth-order valence-corrected chi connectivity index (χ4v) is 6.61. The van der Waals surface area contributed by atoms with E-state index in [1.807, 2.05) is 0 Å². The molecule has 0 saturated heterocycles. The summed E-state index contributed by atoms with van der Waals surface area (Å²) in [6.07, 6.45) is 0. The molecule has 0 atom stereocenters. The molecule has 0 aliphatic heterocycles. The highest BCUT2D eigenvalue weighted by Gasteiger charge is 2.22. The smallest absolute Gasteiger partial charge is 0.0467 e. The minimum Gasteiger partial charge on any atom is -0.310 e. The monoisotopic (exact) mass is 535 g/mol. The minimum atomic E-state index is 1.13. The number of para-hydroxylation sites is 1.